The Kier molecular flexibility index (Phi) is 5.87. The van der Waals surface area contributed by atoms with Gasteiger partial charge in [0.1, 0.15) is 4.88 Å². The highest BCUT2D eigenvalue weighted by Gasteiger charge is 2.19. The van der Waals surface area contributed by atoms with Gasteiger partial charge < -0.3 is 10.1 Å². The van der Waals surface area contributed by atoms with Crippen LogP contribution in [0.2, 0.25) is 0 Å². The molecule has 1 aliphatic rings. The van der Waals surface area contributed by atoms with Crippen molar-refractivity contribution in [3.05, 3.63) is 57.3 Å². The Balaban J connectivity index is 1.44. The molecule has 1 atom stereocenters. The number of aryl methyl sites for hydroxylation is 2. The van der Waals surface area contributed by atoms with Gasteiger partial charge in [-0.3, -0.25) is 4.79 Å². The maximum atomic E-state index is 12.1. The normalized spacial score (nSPS) is 14.4. The molecule has 0 aliphatic heterocycles. The average Bonchev–Trinajstić information content (AvgIpc) is 3.09. The molecule has 25 heavy (non-hydrogen) atoms. The molecular weight excluding hydrogens is 334 g/mol. The number of fused-ring (bicyclic) bond motifs is 1. The number of hydrogen-bond donors (Lipinski definition) is 1. The minimum absolute atomic E-state index is 0.213. The van der Waals surface area contributed by atoms with Crippen LogP contribution >= 0.6 is 11.3 Å². The van der Waals surface area contributed by atoms with E-state index in [-0.39, 0.29) is 18.4 Å². The highest BCUT2D eigenvalue weighted by molar-refractivity contribution is 7.14. The van der Waals surface area contributed by atoms with Gasteiger partial charge in [-0.15, -0.1) is 11.3 Å². The molecule has 4 nitrogen and oxygen atoms in total. The van der Waals surface area contributed by atoms with E-state index in [0.717, 1.165) is 12.8 Å². The number of ether oxygens (including phenoxy) is 1. The van der Waals surface area contributed by atoms with Crippen molar-refractivity contribution in [2.45, 2.75) is 38.5 Å². The summed E-state index contributed by atoms with van der Waals surface area (Å²) in [6.45, 7) is 2.34. The average molecular weight is 357 g/mol. The molecule has 1 amide bonds. The second kappa shape index (κ2) is 8.30. The Hall–Kier alpha value is -2.14. The van der Waals surface area contributed by atoms with Crippen molar-refractivity contribution in [1.29, 1.82) is 0 Å². The van der Waals surface area contributed by atoms with Crippen molar-refractivity contribution in [2.75, 3.05) is 13.2 Å². The summed E-state index contributed by atoms with van der Waals surface area (Å²) in [6, 6.07) is 11.9. The predicted octanol–water partition coefficient (Wildman–Crippen LogP) is 3.70. The summed E-state index contributed by atoms with van der Waals surface area (Å²) in [7, 11) is 0. The maximum Gasteiger partial charge on any atom is 0.348 e. The van der Waals surface area contributed by atoms with E-state index in [2.05, 4.69) is 12.2 Å². The van der Waals surface area contributed by atoms with Gasteiger partial charge >= 0.3 is 5.97 Å². The Bertz CT molecular complexity index is 715. The number of rotatable bonds is 6. The van der Waals surface area contributed by atoms with Crippen molar-refractivity contribution >= 4 is 23.2 Å². The largest absolute Gasteiger partial charge is 0.451 e. The molecule has 5 heteroatoms. The van der Waals surface area contributed by atoms with Gasteiger partial charge in [0.05, 0.1) is 0 Å². The van der Waals surface area contributed by atoms with Crippen molar-refractivity contribution in [1.82, 2.24) is 5.32 Å². The zero-order valence-electron chi connectivity index (χ0n) is 14.4. The van der Waals surface area contributed by atoms with Crippen LogP contribution in [-0.4, -0.2) is 25.0 Å². The van der Waals surface area contributed by atoms with Crippen LogP contribution < -0.4 is 5.32 Å². The van der Waals surface area contributed by atoms with Crippen molar-refractivity contribution in [2.24, 2.45) is 0 Å². The maximum absolute atomic E-state index is 12.1. The molecular formula is C20H23NO3S. The molecule has 0 radical (unpaired) electrons. The van der Waals surface area contributed by atoms with Crippen LogP contribution in [0, 0.1) is 0 Å². The van der Waals surface area contributed by atoms with E-state index in [1.54, 1.807) is 0 Å². The van der Waals surface area contributed by atoms with Gasteiger partial charge in [0.25, 0.3) is 5.91 Å². The number of thiophene rings is 1. The van der Waals surface area contributed by atoms with E-state index in [4.69, 9.17) is 4.74 Å². The Morgan fingerprint density at radius 1 is 1.20 bits per heavy atom. The summed E-state index contributed by atoms with van der Waals surface area (Å²) in [4.78, 5) is 26.0. The third-order valence-electron chi connectivity index (χ3n) is 4.51. The number of benzene rings is 1. The first-order valence-electron chi connectivity index (χ1n) is 8.74. The van der Waals surface area contributed by atoms with E-state index in [0.29, 0.717) is 11.4 Å². The lowest BCUT2D eigenvalue weighted by Crippen LogP contribution is -2.31. The number of esters is 1. The summed E-state index contributed by atoms with van der Waals surface area (Å²) >= 11 is 1.50. The van der Waals surface area contributed by atoms with Crippen LogP contribution in [0.15, 0.2) is 36.4 Å². The van der Waals surface area contributed by atoms with E-state index in [1.807, 2.05) is 36.4 Å². The molecule has 1 aliphatic carbocycles. The fourth-order valence-corrected chi connectivity index (χ4v) is 4.16. The van der Waals surface area contributed by atoms with Crippen LogP contribution in [0.25, 0.3) is 0 Å². The summed E-state index contributed by atoms with van der Waals surface area (Å²) in [5.41, 5.74) is 2.44. The smallest absolute Gasteiger partial charge is 0.348 e. The quantitative estimate of drug-likeness (QED) is 0.802. The Morgan fingerprint density at radius 3 is 2.72 bits per heavy atom. The zero-order chi connectivity index (χ0) is 17.6. The van der Waals surface area contributed by atoms with Gasteiger partial charge in [-0.1, -0.05) is 37.3 Å². The number of carbonyl (C=O) groups excluding carboxylic acids is 2. The minimum atomic E-state index is -0.398. The van der Waals surface area contributed by atoms with Crippen LogP contribution in [0.1, 0.15) is 51.4 Å². The lowest BCUT2D eigenvalue weighted by molar-refractivity contribution is -0.124. The second-order valence-electron chi connectivity index (χ2n) is 6.46. The fourth-order valence-electron chi connectivity index (χ4n) is 3.01. The number of hydrogen-bond acceptors (Lipinski definition) is 4. The van der Waals surface area contributed by atoms with Gasteiger partial charge in [-0.2, -0.15) is 0 Å². The van der Waals surface area contributed by atoms with Gasteiger partial charge in [0, 0.05) is 11.4 Å². The summed E-state index contributed by atoms with van der Waals surface area (Å²) in [5.74, 6) is -0.451. The summed E-state index contributed by atoms with van der Waals surface area (Å²) in [5, 5.41) is 2.82. The summed E-state index contributed by atoms with van der Waals surface area (Å²) in [6.07, 6.45) is 4.45. The Morgan fingerprint density at radius 2 is 1.96 bits per heavy atom. The molecule has 0 saturated carbocycles. The first-order valence-corrected chi connectivity index (χ1v) is 9.55. The summed E-state index contributed by atoms with van der Waals surface area (Å²) < 4.78 is 5.17. The van der Waals surface area contributed by atoms with Gasteiger partial charge in [0.2, 0.25) is 0 Å². The molecule has 0 bridgehead atoms. The van der Waals surface area contributed by atoms with Crippen LogP contribution in [0.4, 0.5) is 0 Å². The standard InChI is InChI=1S/C20H23NO3S/c1-14(15-7-3-2-4-8-15)12-21-19(22)13-24-20(23)18-11-16-9-5-6-10-17(16)25-18/h2-4,7-8,11,14H,5-6,9-10,12-13H2,1H3,(H,21,22)/t14-/m0/s1. The number of carbonyl (C=O) groups is 2. The van der Waals surface area contributed by atoms with Gasteiger partial charge in [0.15, 0.2) is 6.61 Å². The predicted molar refractivity (Wildman–Crippen MR) is 99.1 cm³/mol. The van der Waals surface area contributed by atoms with Crippen molar-refractivity contribution in [3.63, 3.8) is 0 Å². The van der Waals surface area contributed by atoms with E-state index in [9.17, 15) is 9.59 Å². The first kappa shape index (κ1) is 17.7. The molecule has 1 aromatic carbocycles. The molecule has 0 spiro atoms. The molecule has 132 valence electrons. The molecule has 0 saturated heterocycles. The third-order valence-corrected chi connectivity index (χ3v) is 5.72. The van der Waals surface area contributed by atoms with Crippen LogP contribution in [-0.2, 0) is 22.4 Å². The highest BCUT2D eigenvalue weighted by Crippen LogP contribution is 2.29. The van der Waals surface area contributed by atoms with Crippen LogP contribution in [0.5, 0.6) is 0 Å². The zero-order valence-corrected chi connectivity index (χ0v) is 15.2. The minimum Gasteiger partial charge on any atom is -0.451 e. The molecule has 0 fully saturated rings. The monoisotopic (exact) mass is 357 g/mol. The first-order chi connectivity index (χ1) is 12.1. The number of nitrogens with one attached hydrogen (secondary N) is 1. The molecule has 1 aromatic heterocycles. The lowest BCUT2D eigenvalue weighted by Gasteiger charge is -2.13. The molecule has 2 aromatic rings. The molecule has 0 unspecified atom stereocenters. The fraction of sp³-hybridized carbons (Fsp3) is 0.400. The van der Waals surface area contributed by atoms with Crippen molar-refractivity contribution < 1.29 is 14.3 Å². The topological polar surface area (TPSA) is 55.4 Å². The number of amides is 1. The Labute approximate surface area is 152 Å². The van der Waals surface area contributed by atoms with E-state index < -0.39 is 5.97 Å². The molecule has 1 heterocycles. The van der Waals surface area contributed by atoms with Crippen LogP contribution in [0.3, 0.4) is 0 Å². The molecule has 3 rings (SSSR count). The lowest BCUT2D eigenvalue weighted by atomic mass is 9.99. The van der Waals surface area contributed by atoms with E-state index >= 15 is 0 Å². The molecule has 1 N–H and O–H groups in total. The van der Waals surface area contributed by atoms with E-state index in [1.165, 1.54) is 40.2 Å². The van der Waals surface area contributed by atoms with Gasteiger partial charge in [-0.25, -0.2) is 4.79 Å². The third kappa shape index (κ3) is 4.69. The highest BCUT2D eigenvalue weighted by atomic mass is 32.1. The van der Waals surface area contributed by atoms with Gasteiger partial charge in [-0.05, 0) is 48.8 Å². The second-order valence-corrected chi connectivity index (χ2v) is 7.59. The SMILES string of the molecule is C[C@@H](CNC(=O)COC(=O)c1cc2c(s1)CCCC2)c1ccccc1. The van der Waals surface area contributed by atoms with Crippen molar-refractivity contribution in [3.8, 4) is 0 Å².